The molecule has 0 bridgehead atoms. The first kappa shape index (κ1) is 14.5. The van der Waals surface area contributed by atoms with Crippen molar-refractivity contribution in [3.8, 4) is 0 Å². The molecule has 1 aromatic rings. The Bertz CT molecular complexity index is 517. The van der Waals surface area contributed by atoms with Gasteiger partial charge in [-0.3, -0.25) is 9.69 Å². The van der Waals surface area contributed by atoms with Gasteiger partial charge in [0.25, 0.3) is 0 Å². The number of para-hydroxylation sites is 1. The minimum Gasteiger partial charge on any atom is -0.330 e. The van der Waals surface area contributed by atoms with Gasteiger partial charge in [0.05, 0.1) is 6.54 Å². The molecule has 0 aromatic heterocycles. The smallest absolute Gasteiger partial charge is 0.241 e. The molecule has 2 aliphatic rings. The van der Waals surface area contributed by atoms with E-state index in [9.17, 15) is 4.79 Å². The number of carbonyl (C=O) groups is 1. The lowest BCUT2D eigenvalue weighted by molar-refractivity contribution is -0.120. The standard InChI is InChI=1S/C17H25N3O/c1-19(15-8-4-6-14(15)11-18)12-17(21)20-10-9-13-5-2-3-7-16(13)20/h2-3,5,7,14-15H,4,6,8-12,18H2,1H3. The zero-order valence-corrected chi connectivity index (χ0v) is 12.8. The molecule has 0 radical (unpaired) electrons. The minimum absolute atomic E-state index is 0.213. The van der Waals surface area contributed by atoms with Crippen molar-refractivity contribution in [2.24, 2.45) is 11.7 Å². The van der Waals surface area contributed by atoms with Crippen molar-refractivity contribution in [3.63, 3.8) is 0 Å². The average Bonchev–Trinajstić information content (AvgIpc) is 3.13. The Morgan fingerprint density at radius 1 is 1.38 bits per heavy atom. The monoisotopic (exact) mass is 287 g/mol. The number of amides is 1. The van der Waals surface area contributed by atoms with E-state index in [0.29, 0.717) is 18.5 Å². The molecule has 0 spiro atoms. The number of rotatable bonds is 4. The van der Waals surface area contributed by atoms with E-state index in [4.69, 9.17) is 5.73 Å². The molecule has 2 atom stereocenters. The fraction of sp³-hybridized carbons (Fsp3) is 0.588. The second-order valence-electron chi connectivity index (χ2n) is 6.33. The summed E-state index contributed by atoms with van der Waals surface area (Å²) in [5.41, 5.74) is 8.24. The van der Waals surface area contributed by atoms with Crippen molar-refractivity contribution in [1.29, 1.82) is 0 Å². The third-order valence-electron chi connectivity index (χ3n) is 5.06. The first-order valence-corrected chi connectivity index (χ1v) is 7.99. The number of benzene rings is 1. The Labute approximate surface area is 126 Å². The summed E-state index contributed by atoms with van der Waals surface area (Å²) in [5, 5.41) is 0. The van der Waals surface area contributed by atoms with E-state index in [1.54, 1.807) is 0 Å². The van der Waals surface area contributed by atoms with Gasteiger partial charge < -0.3 is 10.6 Å². The molecule has 1 amide bonds. The van der Waals surface area contributed by atoms with Gasteiger partial charge in [-0.05, 0) is 50.4 Å². The summed E-state index contributed by atoms with van der Waals surface area (Å²) in [6, 6.07) is 8.70. The van der Waals surface area contributed by atoms with Crippen LogP contribution >= 0.6 is 0 Å². The summed E-state index contributed by atoms with van der Waals surface area (Å²) in [7, 11) is 2.07. The zero-order valence-electron chi connectivity index (χ0n) is 12.8. The highest BCUT2D eigenvalue weighted by Crippen LogP contribution is 2.30. The SMILES string of the molecule is CN(CC(=O)N1CCc2ccccc21)C1CCCC1CN. The van der Waals surface area contributed by atoms with Gasteiger partial charge >= 0.3 is 0 Å². The van der Waals surface area contributed by atoms with E-state index in [1.807, 2.05) is 17.0 Å². The van der Waals surface area contributed by atoms with E-state index in [2.05, 4.69) is 24.1 Å². The molecule has 1 aliphatic carbocycles. The number of hydrogen-bond acceptors (Lipinski definition) is 3. The van der Waals surface area contributed by atoms with Crippen LogP contribution < -0.4 is 10.6 Å². The third-order valence-corrected chi connectivity index (χ3v) is 5.06. The Morgan fingerprint density at radius 2 is 2.19 bits per heavy atom. The van der Waals surface area contributed by atoms with Crippen LogP contribution in [0.15, 0.2) is 24.3 Å². The topological polar surface area (TPSA) is 49.6 Å². The van der Waals surface area contributed by atoms with Crippen molar-refractivity contribution < 1.29 is 4.79 Å². The normalized spacial score (nSPS) is 24.6. The minimum atomic E-state index is 0.213. The Balaban J connectivity index is 1.64. The fourth-order valence-electron chi connectivity index (χ4n) is 3.89. The summed E-state index contributed by atoms with van der Waals surface area (Å²) in [6.45, 7) is 2.04. The van der Waals surface area contributed by atoms with Gasteiger partial charge in [-0.2, -0.15) is 0 Å². The van der Waals surface area contributed by atoms with Crippen molar-refractivity contribution >= 4 is 11.6 Å². The van der Waals surface area contributed by atoms with Gasteiger partial charge in [0.1, 0.15) is 0 Å². The van der Waals surface area contributed by atoms with Crippen LogP contribution in [0.1, 0.15) is 24.8 Å². The highest BCUT2D eigenvalue weighted by atomic mass is 16.2. The second kappa shape index (κ2) is 6.16. The molecule has 4 nitrogen and oxygen atoms in total. The molecule has 2 N–H and O–H groups in total. The van der Waals surface area contributed by atoms with E-state index < -0.39 is 0 Å². The highest BCUT2D eigenvalue weighted by Gasteiger charge is 2.32. The lowest BCUT2D eigenvalue weighted by Gasteiger charge is -2.30. The van der Waals surface area contributed by atoms with Crippen LogP contribution in [0.25, 0.3) is 0 Å². The van der Waals surface area contributed by atoms with Crippen molar-refractivity contribution in [2.75, 3.05) is 31.6 Å². The molecule has 114 valence electrons. The number of carbonyl (C=O) groups excluding carboxylic acids is 1. The Hall–Kier alpha value is -1.39. The zero-order chi connectivity index (χ0) is 14.8. The molecule has 3 rings (SSSR count). The number of nitrogens with zero attached hydrogens (tertiary/aromatic N) is 2. The summed E-state index contributed by atoms with van der Waals surface area (Å²) in [5.74, 6) is 0.763. The lowest BCUT2D eigenvalue weighted by atomic mass is 10.0. The van der Waals surface area contributed by atoms with Gasteiger partial charge in [-0.15, -0.1) is 0 Å². The molecule has 1 aliphatic heterocycles. The van der Waals surface area contributed by atoms with Gasteiger partial charge in [0.2, 0.25) is 5.91 Å². The van der Waals surface area contributed by atoms with Gasteiger partial charge in [0.15, 0.2) is 0 Å². The van der Waals surface area contributed by atoms with Crippen LogP contribution in [0.2, 0.25) is 0 Å². The van der Waals surface area contributed by atoms with Crippen molar-refractivity contribution in [2.45, 2.75) is 31.7 Å². The quantitative estimate of drug-likeness (QED) is 0.916. The van der Waals surface area contributed by atoms with E-state index in [1.165, 1.54) is 24.8 Å². The molecular formula is C17H25N3O. The third kappa shape index (κ3) is 2.83. The molecular weight excluding hydrogens is 262 g/mol. The predicted molar refractivity (Wildman–Crippen MR) is 85.3 cm³/mol. The molecule has 21 heavy (non-hydrogen) atoms. The van der Waals surface area contributed by atoms with Gasteiger partial charge in [-0.25, -0.2) is 0 Å². The first-order chi connectivity index (χ1) is 10.2. The fourth-order valence-corrected chi connectivity index (χ4v) is 3.89. The highest BCUT2D eigenvalue weighted by molar-refractivity contribution is 5.96. The summed E-state index contributed by atoms with van der Waals surface area (Å²) in [6.07, 6.45) is 4.58. The lowest BCUT2D eigenvalue weighted by Crippen LogP contribution is -2.44. The molecule has 1 aromatic carbocycles. The number of likely N-dealkylation sites (N-methyl/N-ethyl adjacent to an activating group) is 1. The largest absolute Gasteiger partial charge is 0.330 e. The molecule has 1 saturated carbocycles. The van der Waals surface area contributed by atoms with E-state index in [0.717, 1.165) is 25.2 Å². The van der Waals surface area contributed by atoms with Crippen LogP contribution in [-0.4, -0.2) is 43.5 Å². The second-order valence-corrected chi connectivity index (χ2v) is 6.33. The van der Waals surface area contributed by atoms with Crippen LogP contribution in [0.5, 0.6) is 0 Å². The Morgan fingerprint density at radius 3 is 3.00 bits per heavy atom. The maximum Gasteiger partial charge on any atom is 0.241 e. The van der Waals surface area contributed by atoms with Crippen molar-refractivity contribution in [1.82, 2.24) is 4.90 Å². The maximum absolute atomic E-state index is 12.6. The van der Waals surface area contributed by atoms with Crippen LogP contribution in [0, 0.1) is 5.92 Å². The average molecular weight is 287 g/mol. The van der Waals surface area contributed by atoms with E-state index in [-0.39, 0.29) is 5.91 Å². The first-order valence-electron chi connectivity index (χ1n) is 7.99. The number of nitrogens with two attached hydrogens (primary N) is 1. The van der Waals surface area contributed by atoms with E-state index >= 15 is 0 Å². The number of anilines is 1. The Kier molecular flexibility index (Phi) is 4.27. The van der Waals surface area contributed by atoms with Crippen LogP contribution in [-0.2, 0) is 11.2 Å². The van der Waals surface area contributed by atoms with Crippen molar-refractivity contribution in [3.05, 3.63) is 29.8 Å². The maximum atomic E-state index is 12.6. The predicted octanol–water partition coefficient (Wildman–Crippen LogP) is 1.63. The molecule has 1 fully saturated rings. The summed E-state index contributed by atoms with van der Waals surface area (Å²) in [4.78, 5) is 16.8. The molecule has 1 heterocycles. The molecule has 4 heteroatoms. The summed E-state index contributed by atoms with van der Waals surface area (Å²) >= 11 is 0. The van der Waals surface area contributed by atoms with Crippen LogP contribution in [0.3, 0.4) is 0 Å². The van der Waals surface area contributed by atoms with Gasteiger partial charge in [-0.1, -0.05) is 24.6 Å². The van der Waals surface area contributed by atoms with Gasteiger partial charge in [0, 0.05) is 18.3 Å². The molecule has 2 unspecified atom stereocenters. The number of fused-ring (bicyclic) bond motifs is 1. The summed E-state index contributed by atoms with van der Waals surface area (Å²) < 4.78 is 0. The van der Waals surface area contributed by atoms with Crippen LogP contribution in [0.4, 0.5) is 5.69 Å². The molecule has 0 saturated heterocycles. The number of hydrogen-bond donors (Lipinski definition) is 1.